The van der Waals surface area contributed by atoms with Gasteiger partial charge < -0.3 is 0 Å². The standard InChI is InChI=1S/C25H30ClN7O/c1-4-5-6-7-22-23(26)33(15-17(2)3)25(34)32(22)16-18-8-10-19(11-9-18)21-14-27-13-12-20(21)24-28-30-31-29-24/h8-14,17H,4-7,15-16H2,1-3H3,(H,28,29,30,31). The molecule has 1 aromatic carbocycles. The first-order valence-corrected chi connectivity index (χ1v) is 12.1. The number of unbranched alkanes of at least 4 members (excludes halogenated alkanes) is 2. The molecule has 8 nitrogen and oxygen atoms in total. The molecule has 34 heavy (non-hydrogen) atoms. The smallest absolute Gasteiger partial charge is 0.290 e. The fraction of sp³-hybridized carbons (Fsp3) is 0.400. The molecule has 0 saturated heterocycles. The summed E-state index contributed by atoms with van der Waals surface area (Å²) >= 11 is 6.71. The Morgan fingerprint density at radius 3 is 2.53 bits per heavy atom. The number of hydrogen-bond acceptors (Lipinski definition) is 5. The zero-order chi connectivity index (χ0) is 24.1. The lowest BCUT2D eigenvalue weighted by molar-refractivity contribution is 0.504. The van der Waals surface area contributed by atoms with Crippen molar-refractivity contribution in [1.82, 2.24) is 34.7 Å². The Labute approximate surface area is 204 Å². The van der Waals surface area contributed by atoms with E-state index < -0.39 is 0 Å². The molecule has 0 radical (unpaired) electrons. The van der Waals surface area contributed by atoms with E-state index >= 15 is 0 Å². The Morgan fingerprint density at radius 1 is 1.06 bits per heavy atom. The predicted octanol–water partition coefficient (Wildman–Crippen LogP) is 4.98. The third-order valence-corrected chi connectivity index (χ3v) is 6.26. The number of tetrazole rings is 1. The lowest BCUT2D eigenvalue weighted by Crippen LogP contribution is -2.27. The molecule has 178 valence electrons. The summed E-state index contributed by atoms with van der Waals surface area (Å²) in [5.74, 6) is 0.854. The van der Waals surface area contributed by atoms with E-state index in [2.05, 4.69) is 46.4 Å². The number of nitrogens with one attached hydrogen (secondary N) is 1. The van der Waals surface area contributed by atoms with E-state index in [-0.39, 0.29) is 5.69 Å². The van der Waals surface area contributed by atoms with E-state index in [4.69, 9.17) is 11.6 Å². The summed E-state index contributed by atoms with van der Waals surface area (Å²) in [6.07, 6.45) is 7.55. The van der Waals surface area contributed by atoms with Gasteiger partial charge in [0.1, 0.15) is 5.15 Å². The highest BCUT2D eigenvalue weighted by Gasteiger charge is 2.19. The van der Waals surface area contributed by atoms with Crippen LogP contribution in [0.5, 0.6) is 0 Å². The highest BCUT2D eigenvalue weighted by molar-refractivity contribution is 6.30. The second-order valence-corrected chi connectivity index (χ2v) is 9.28. The van der Waals surface area contributed by atoms with Gasteiger partial charge in [-0.25, -0.2) is 4.79 Å². The number of hydrogen-bond donors (Lipinski definition) is 1. The molecule has 9 heteroatoms. The molecule has 0 aliphatic carbocycles. The van der Waals surface area contributed by atoms with Crippen molar-refractivity contribution in [3.63, 3.8) is 0 Å². The zero-order valence-corrected chi connectivity index (χ0v) is 20.6. The first-order valence-electron chi connectivity index (χ1n) is 11.7. The van der Waals surface area contributed by atoms with E-state index in [1.807, 2.05) is 34.9 Å². The number of aromatic amines is 1. The van der Waals surface area contributed by atoms with E-state index in [0.29, 0.717) is 30.0 Å². The maximum Gasteiger partial charge on any atom is 0.329 e. The number of imidazole rings is 1. The van der Waals surface area contributed by atoms with Gasteiger partial charge in [-0.2, -0.15) is 5.21 Å². The normalized spacial score (nSPS) is 11.4. The summed E-state index contributed by atoms with van der Waals surface area (Å²) in [6, 6.07) is 10.0. The topological polar surface area (TPSA) is 94.3 Å². The van der Waals surface area contributed by atoms with E-state index in [1.165, 1.54) is 0 Å². The molecule has 0 fully saturated rings. The molecule has 0 amide bonds. The van der Waals surface area contributed by atoms with Crippen LogP contribution in [0.2, 0.25) is 5.15 Å². The molecule has 4 rings (SSSR count). The van der Waals surface area contributed by atoms with Crippen molar-refractivity contribution in [2.24, 2.45) is 5.92 Å². The molecule has 0 atom stereocenters. The second-order valence-electron chi connectivity index (χ2n) is 8.92. The Kier molecular flexibility index (Phi) is 7.57. The average Bonchev–Trinajstić information content (AvgIpc) is 3.45. The van der Waals surface area contributed by atoms with Crippen LogP contribution < -0.4 is 5.69 Å². The van der Waals surface area contributed by atoms with Crippen LogP contribution >= 0.6 is 11.6 Å². The lowest BCUT2D eigenvalue weighted by atomic mass is 10.0. The van der Waals surface area contributed by atoms with Crippen LogP contribution in [0.25, 0.3) is 22.5 Å². The lowest BCUT2D eigenvalue weighted by Gasteiger charge is -2.10. The maximum atomic E-state index is 13.3. The van der Waals surface area contributed by atoms with Crippen molar-refractivity contribution in [3.8, 4) is 22.5 Å². The van der Waals surface area contributed by atoms with Gasteiger partial charge in [-0.1, -0.05) is 69.5 Å². The Balaban J connectivity index is 1.64. The molecule has 3 aromatic heterocycles. The summed E-state index contributed by atoms with van der Waals surface area (Å²) in [5.41, 5.74) is 4.67. The largest absolute Gasteiger partial charge is 0.329 e. The van der Waals surface area contributed by atoms with Crippen molar-refractivity contribution < 1.29 is 0 Å². The molecule has 0 bridgehead atoms. The Hall–Kier alpha value is -3.26. The second kappa shape index (κ2) is 10.8. The summed E-state index contributed by atoms with van der Waals surface area (Å²) in [6.45, 7) is 7.46. The summed E-state index contributed by atoms with van der Waals surface area (Å²) < 4.78 is 3.55. The number of pyridine rings is 1. The monoisotopic (exact) mass is 479 g/mol. The fourth-order valence-corrected chi connectivity index (χ4v) is 4.48. The van der Waals surface area contributed by atoms with Gasteiger partial charge in [0.15, 0.2) is 0 Å². The summed E-state index contributed by atoms with van der Waals surface area (Å²) in [5, 5.41) is 14.9. The van der Waals surface area contributed by atoms with Crippen molar-refractivity contribution >= 4 is 11.6 Å². The molecule has 0 unspecified atom stereocenters. The molecule has 0 aliphatic rings. The molecular formula is C25H30ClN7O. The van der Waals surface area contributed by atoms with Crippen LogP contribution in [0, 0.1) is 5.92 Å². The van der Waals surface area contributed by atoms with Gasteiger partial charge in [0.2, 0.25) is 5.82 Å². The van der Waals surface area contributed by atoms with Gasteiger partial charge >= 0.3 is 5.69 Å². The van der Waals surface area contributed by atoms with Gasteiger partial charge in [-0.15, -0.1) is 10.2 Å². The van der Waals surface area contributed by atoms with Gasteiger partial charge in [0, 0.05) is 30.1 Å². The first kappa shape index (κ1) is 23.9. The van der Waals surface area contributed by atoms with Crippen molar-refractivity contribution in [2.45, 2.75) is 59.5 Å². The van der Waals surface area contributed by atoms with Crippen molar-refractivity contribution in [1.29, 1.82) is 0 Å². The molecule has 1 N–H and O–H groups in total. The Bertz CT molecular complexity index is 1270. The van der Waals surface area contributed by atoms with Crippen LogP contribution in [0.4, 0.5) is 0 Å². The third-order valence-electron chi connectivity index (χ3n) is 5.84. The highest BCUT2D eigenvalue weighted by Crippen LogP contribution is 2.29. The van der Waals surface area contributed by atoms with Crippen molar-refractivity contribution in [2.75, 3.05) is 0 Å². The predicted molar refractivity (Wildman–Crippen MR) is 134 cm³/mol. The van der Waals surface area contributed by atoms with Crippen LogP contribution in [0.15, 0.2) is 47.5 Å². The van der Waals surface area contributed by atoms with E-state index in [9.17, 15) is 4.79 Å². The minimum Gasteiger partial charge on any atom is -0.290 e. The van der Waals surface area contributed by atoms with Crippen molar-refractivity contribution in [3.05, 3.63) is 69.6 Å². The fourth-order valence-electron chi connectivity index (χ4n) is 4.15. The maximum absolute atomic E-state index is 13.3. The number of nitrogens with zero attached hydrogens (tertiary/aromatic N) is 6. The van der Waals surface area contributed by atoms with E-state index in [1.54, 1.807) is 17.0 Å². The summed E-state index contributed by atoms with van der Waals surface area (Å²) in [7, 11) is 0. The molecule has 4 aromatic rings. The van der Waals surface area contributed by atoms with Gasteiger partial charge in [0.25, 0.3) is 0 Å². The molecule has 0 aliphatic heterocycles. The Morgan fingerprint density at radius 2 is 1.85 bits per heavy atom. The average molecular weight is 480 g/mol. The minimum atomic E-state index is -0.0408. The number of aromatic nitrogens is 7. The minimum absolute atomic E-state index is 0.0408. The van der Waals surface area contributed by atoms with Gasteiger partial charge in [0.05, 0.1) is 12.2 Å². The van der Waals surface area contributed by atoms with E-state index in [0.717, 1.165) is 53.6 Å². The van der Waals surface area contributed by atoms with Crippen LogP contribution in [-0.2, 0) is 19.5 Å². The number of H-pyrrole nitrogens is 1. The SMILES string of the molecule is CCCCCc1c(Cl)n(CC(C)C)c(=O)n1Cc1ccc(-c2cnccc2-c2nn[nH]n2)cc1. The summed E-state index contributed by atoms with van der Waals surface area (Å²) in [4.78, 5) is 17.5. The number of rotatable bonds is 10. The quantitative estimate of drug-likeness (QED) is 0.323. The first-order chi connectivity index (χ1) is 16.5. The third kappa shape index (κ3) is 5.12. The highest BCUT2D eigenvalue weighted by atomic mass is 35.5. The molecule has 0 saturated carbocycles. The number of halogens is 1. The van der Waals surface area contributed by atoms with Gasteiger partial charge in [-0.3, -0.25) is 14.1 Å². The van der Waals surface area contributed by atoms with Crippen LogP contribution in [0.3, 0.4) is 0 Å². The molecular weight excluding hydrogens is 450 g/mol. The molecule has 3 heterocycles. The number of benzene rings is 1. The van der Waals surface area contributed by atoms with Crippen LogP contribution in [-0.4, -0.2) is 34.7 Å². The zero-order valence-electron chi connectivity index (χ0n) is 19.8. The molecule has 0 spiro atoms. The van der Waals surface area contributed by atoms with Gasteiger partial charge in [-0.05, 0) is 41.2 Å². The van der Waals surface area contributed by atoms with Crippen LogP contribution in [0.1, 0.15) is 51.3 Å².